The minimum absolute atomic E-state index is 0.0158. The molecule has 73 heavy (non-hydrogen) atoms. The summed E-state index contributed by atoms with van der Waals surface area (Å²) in [5.41, 5.74) is 12.8. The van der Waals surface area contributed by atoms with Crippen molar-refractivity contribution < 1.29 is 58.1 Å². The average Bonchev–Trinajstić information content (AvgIpc) is 3.34. The number of carbonyl (C=O) groups is 9. The minimum Gasteiger partial charge on any atom is -0.480 e. The smallest absolute Gasteiger partial charge is 0.327 e. The van der Waals surface area contributed by atoms with E-state index in [1.165, 1.54) is 26.8 Å². The third-order valence-corrected chi connectivity index (χ3v) is 12.1. The highest BCUT2D eigenvalue weighted by atomic mass is 16.5. The number of rotatable bonds is 15. The number of aliphatic imine (C=N–C) groups is 1. The zero-order chi connectivity index (χ0) is 54.4. The number of carboxylic acids is 2. The highest BCUT2D eigenvalue weighted by molar-refractivity contribution is 6.00. The lowest BCUT2D eigenvalue weighted by Gasteiger charge is -2.28. The highest BCUT2D eigenvalue weighted by Crippen LogP contribution is 2.19. The number of nitrogens with one attached hydrogen (secondary N) is 7. The number of hydrogen-bond acceptors (Lipinski definition) is 11. The second kappa shape index (κ2) is 29.5. The van der Waals surface area contributed by atoms with Gasteiger partial charge in [0.25, 0.3) is 5.91 Å². The maximum atomic E-state index is 14.4. The topological polar surface area (TPSA) is 352 Å². The van der Waals surface area contributed by atoms with Gasteiger partial charge in [0.15, 0.2) is 5.96 Å². The van der Waals surface area contributed by atoms with Gasteiger partial charge in [0.05, 0.1) is 29.7 Å². The Hall–Kier alpha value is -7.88. The molecule has 1 saturated heterocycles. The van der Waals surface area contributed by atoms with Crippen molar-refractivity contribution in [3.05, 3.63) is 108 Å². The van der Waals surface area contributed by atoms with Crippen molar-refractivity contribution in [1.29, 1.82) is 0 Å². The molecule has 2 aromatic rings. The SMILES string of the molecule is C=C1NC(=O)CC[C@H](C(=O)O)NC(=O)[C@@H](C)[C@H](/C=C/C(C)=C/[C@H](C)[C@H](Cc2ccccc2)OC)NC(=O)[C@H](CCCN=C(N)N)NC(=O)[C@@H](C)[C@H](C(=O)O)NC(=O)[C@H](Cc2ccccc2)NC(=O)[C@@H](C)NC1=O. The summed E-state index contributed by atoms with van der Waals surface area (Å²) in [6, 6.07) is 9.15. The van der Waals surface area contributed by atoms with Gasteiger partial charge in [0, 0.05) is 32.4 Å². The standard InChI is InChI=1S/C51H70N10O12/c1-28(25-29(2)40(73-7)27-35-17-12-9-13-18-35)20-21-36-30(3)43(63)59-38(49(69)70)22-23-41(62)55-32(5)45(65)56-33(6)46(66)60-39(26-34-15-10-8-11-16-34)48(68)61-42(50(71)72)31(4)44(64)58-37(47(67)57-36)19-14-24-54-51(52)53/h8-13,15-18,20-21,25,29-31,33,36-40,42H,5,14,19,22-24,26-27H2,1-4,6-7H3,(H,55,62)(H,56,65)(H,57,67)(H,58,64)(H,59,63)(H,60,66)(H,61,68)(H,69,70)(H,71,72)(H4,52,53,54)/b21-20+,28-25+/t29-,30-,31-,33+,36-,37-,38+,39-,40-,42+/m0/s1. The summed E-state index contributed by atoms with van der Waals surface area (Å²) in [7, 11) is 1.61. The number of benzene rings is 2. The Balaban J connectivity index is 2.11. The quantitative estimate of drug-likeness (QED) is 0.0380. The summed E-state index contributed by atoms with van der Waals surface area (Å²) in [5, 5.41) is 37.7. The van der Waals surface area contributed by atoms with Crippen LogP contribution in [0.5, 0.6) is 0 Å². The van der Waals surface area contributed by atoms with Crippen LogP contribution in [-0.4, -0.2) is 125 Å². The van der Waals surface area contributed by atoms with E-state index in [1.54, 1.807) is 50.4 Å². The molecule has 1 heterocycles. The van der Waals surface area contributed by atoms with Gasteiger partial charge in [-0.1, -0.05) is 112 Å². The summed E-state index contributed by atoms with van der Waals surface area (Å²) >= 11 is 0. The van der Waals surface area contributed by atoms with Gasteiger partial charge in [0.1, 0.15) is 30.2 Å². The summed E-state index contributed by atoms with van der Waals surface area (Å²) in [6.07, 6.45) is 4.37. The first kappa shape index (κ1) is 59.4. The number of ether oxygens (including phenoxy) is 1. The van der Waals surface area contributed by atoms with Crippen molar-refractivity contribution in [2.75, 3.05) is 13.7 Å². The molecule has 0 aromatic heterocycles. The van der Waals surface area contributed by atoms with Crippen LogP contribution < -0.4 is 48.7 Å². The number of allylic oxidation sites excluding steroid dienone is 2. The van der Waals surface area contributed by atoms with Crippen LogP contribution in [0.4, 0.5) is 0 Å². The Labute approximate surface area is 424 Å². The fourth-order valence-electron chi connectivity index (χ4n) is 7.64. The maximum Gasteiger partial charge on any atom is 0.327 e. The van der Waals surface area contributed by atoms with Crippen molar-refractivity contribution in [1.82, 2.24) is 37.2 Å². The normalized spacial score (nSPS) is 24.7. The van der Waals surface area contributed by atoms with Crippen LogP contribution in [0, 0.1) is 17.8 Å². The number of nitrogens with two attached hydrogens (primary N) is 2. The lowest BCUT2D eigenvalue weighted by Crippen LogP contribution is -2.59. The number of hydrogen-bond donors (Lipinski definition) is 11. The van der Waals surface area contributed by atoms with Crippen LogP contribution in [0.3, 0.4) is 0 Å². The number of nitrogens with zero attached hydrogens (tertiary/aromatic N) is 1. The van der Waals surface area contributed by atoms with Crippen molar-refractivity contribution in [2.45, 2.75) is 115 Å². The molecule has 0 unspecified atom stereocenters. The Bertz CT molecular complexity index is 2370. The molecule has 1 aliphatic heterocycles. The zero-order valence-corrected chi connectivity index (χ0v) is 42.0. The molecule has 1 fully saturated rings. The van der Waals surface area contributed by atoms with E-state index < -0.39 is 120 Å². The number of carbonyl (C=O) groups excluding carboxylic acids is 7. The third-order valence-electron chi connectivity index (χ3n) is 12.1. The van der Waals surface area contributed by atoms with Gasteiger partial charge in [-0.2, -0.15) is 0 Å². The van der Waals surface area contributed by atoms with Gasteiger partial charge in [-0.05, 0) is 50.7 Å². The zero-order valence-electron chi connectivity index (χ0n) is 42.0. The van der Waals surface area contributed by atoms with Crippen molar-refractivity contribution in [3.8, 4) is 0 Å². The van der Waals surface area contributed by atoms with Crippen LogP contribution in [0.15, 0.2) is 102 Å². The highest BCUT2D eigenvalue weighted by Gasteiger charge is 2.37. The first-order valence-corrected chi connectivity index (χ1v) is 23.8. The Morgan fingerprint density at radius 3 is 1.96 bits per heavy atom. The predicted molar refractivity (Wildman–Crippen MR) is 270 cm³/mol. The van der Waals surface area contributed by atoms with Gasteiger partial charge in [0.2, 0.25) is 35.4 Å². The van der Waals surface area contributed by atoms with E-state index in [2.05, 4.69) is 48.8 Å². The van der Waals surface area contributed by atoms with Crippen molar-refractivity contribution in [3.63, 3.8) is 0 Å². The predicted octanol–water partition coefficient (Wildman–Crippen LogP) is 0.473. The third kappa shape index (κ3) is 20.0. The van der Waals surface area contributed by atoms with Crippen LogP contribution in [0.1, 0.15) is 71.4 Å². The molecule has 0 bridgehead atoms. The van der Waals surface area contributed by atoms with Gasteiger partial charge < -0.3 is 63.6 Å². The van der Waals surface area contributed by atoms with Crippen LogP contribution in [0.2, 0.25) is 0 Å². The Morgan fingerprint density at radius 2 is 1.37 bits per heavy atom. The number of amides is 7. The molecule has 7 amide bonds. The van der Waals surface area contributed by atoms with Crippen LogP contribution in [0.25, 0.3) is 0 Å². The van der Waals surface area contributed by atoms with Gasteiger partial charge in [-0.3, -0.25) is 38.6 Å². The minimum atomic E-state index is -1.92. The summed E-state index contributed by atoms with van der Waals surface area (Å²) in [4.78, 5) is 125. The fourth-order valence-corrected chi connectivity index (χ4v) is 7.64. The van der Waals surface area contributed by atoms with E-state index in [1.807, 2.05) is 43.3 Å². The molecule has 3 rings (SSSR count). The first-order valence-electron chi connectivity index (χ1n) is 23.8. The monoisotopic (exact) mass is 1010 g/mol. The molecule has 2 aromatic carbocycles. The number of guanidine groups is 1. The van der Waals surface area contributed by atoms with Crippen molar-refractivity contribution in [2.24, 2.45) is 34.2 Å². The van der Waals surface area contributed by atoms with E-state index in [-0.39, 0.29) is 43.8 Å². The molecule has 13 N–H and O–H groups in total. The molecule has 0 saturated carbocycles. The van der Waals surface area contributed by atoms with E-state index in [0.29, 0.717) is 17.6 Å². The van der Waals surface area contributed by atoms with Crippen LogP contribution >= 0.6 is 0 Å². The molecule has 0 spiro atoms. The second-order valence-corrected chi connectivity index (χ2v) is 17.9. The van der Waals surface area contributed by atoms with E-state index in [0.717, 1.165) is 5.56 Å². The molecule has 396 valence electrons. The Morgan fingerprint density at radius 1 is 0.781 bits per heavy atom. The molecule has 22 heteroatoms. The van der Waals surface area contributed by atoms with Crippen molar-refractivity contribution >= 4 is 59.2 Å². The average molecular weight is 1020 g/mol. The van der Waals surface area contributed by atoms with Gasteiger partial charge >= 0.3 is 11.9 Å². The second-order valence-electron chi connectivity index (χ2n) is 17.9. The lowest BCUT2D eigenvalue weighted by atomic mass is 9.94. The fraction of sp³-hybridized carbons (Fsp3) is 0.451. The molecule has 0 aliphatic carbocycles. The molecule has 22 nitrogen and oxygen atoms in total. The summed E-state index contributed by atoms with van der Waals surface area (Å²) in [5.74, 6) is -12.7. The molecular formula is C51H70N10O12. The molecule has 1 aliphatic rings. The maximum absolute atomic E-state index is 14.4. The van der Waals surface area contributed by atoms with Gasteiger partial charge in [-0.15, -0.1) is 0 Å². The molecule has 10 atom stereocenters. The van der Waals surface area contributed by atoms with Gasteiger partial charge in [-0.25, -0.2) is 9.59 Å². The summed E-state index contributed by atoms with van der Waals surface area (Å²) < 4.78 is 5.81. The van der Waals surface area contributed by atoms with E-state index >= 15 is 0 Å². The van der Waals surface area contributed by atoms with Crippen LogP contribution in [-0.2, 0) is 60.7 Å². The first-order chi connectivity index (χ1) is 34.5. The molecule has 0 radical (unpaired) electrons. The Kier molecular flexibility index (Phi) is 24.0. The molecular weight excluding hydrogens is 945 g/mol. The number of carboxylic acid groups (broad SMARTS) is 2. The van der Waals surface area contributed by atoms with E-state index in [9.17, 15) is 53.4 Å². The number of methoxy groups -OCH3 is 1. The number of aliphatic carboxylic acids is 2. The largest absolute Gasteiger partial charge is 0.480 e. The summed E-state index contributed by atoms with van der Waals surface area (Å²) in [6.45, 7) is 11.2. The van der Waals surface area contributed by atoms with E-state index in [4.69, 9.17) is 16.2 Å². The lowest BCUT2D eigenvalue weighted by molar-refractivity contribution is -0.146.